The van der Waals surface area contributed by atoms with E-state index < -0.39 is 23.7 Å². The quantitative estimate of drug-likeness (QED) is 0.759. The van der Waals surface area contributed by atoms with Crippen molar-refractivity contribution in [2.75, 3.05) is 6.54 Å². The summed E-state index contributed by atoms with van der Waals surface area (Å²) < 4.78 is 40.2. The highest BCUT2D eigenvalue weighted by Crippen LogP contribution is 2.41. The lowest BCUT2D eigenvalue weighted by Gasteiger charge is -2.21. The zero-order valence-corrected chi connectivity index (χ0v) is 8.31. The molecule has 0 spiro atoms. The van der Waals surface area contributed by atoms with E-state index in [9.17, 15) is 13.2 Å². The van der Waals surface area contributed by atoms with E-state index in [0.29, 0.717) is 5.56 Å². The van der Waals surface area contributed by atoms with Crippen LogP contribution in [0.2, 0.25) is 0 Å². The predicted molar refractivity (Wildman–Crippen MR) is 51.3 cm³/mol. The number of halogens is 3. The first kappa shape index (κ1) is 10.5. The Morgan fingerprint density at radius 2 is 2.13 bits per heavy atom. The second-order valence-electron chi connectivity index (χ2n) is 3.97. The molecule has 2 atom stereocenters. The molecule has 0 aromatic heterocycles. The van der Waals surface area contributed by atoms with Gasteiger partial charge in [0.15, 0.2) is 0 Å². The van der Waals surface area contributed by atoms with Crippen LogP contribution >= 0.6 is 0 Å². The second-order valence-corrected chi connectivity index (χ2v) is 3.97. The third-order valence-electron chi connectivity index (χ3n) is 2.85. The summed E-state index contributed by atoms with van der Waals surface area (Å²) in [7, 11) is 0. The van der Waals surface area contributed by atoms with Crippen molar-refractivity contribution in [1.82, 2.24) is 5.32 Å². The highest BCUT2D eigenvalue weighted by atomic mass is 19.3. The van der Waals surface area contributed by atoms with Crippen LogP contribution in [0.3, 0.4) is 0 Å². The number of hydrogen-bond acceptors (Lipinski definition) is 1. The van der Waals surface area contributed by atoms with Crippen molar-refractivity contribution in [2.45, 2.75) is 18.9 Å². The highest BCUT2D eigenvalue weighted by Gasteiger charge is 2.50. The highest BCUT2D eigenvalue weighted by molar-refractivity contribution is 5.24. The molecule has 1 aliphatic rings. The maximum Gasteiger partial charge on any atom is 0.270 e. The van der Waals surface area contributed by atoms with Gasteiger partial charge in [0, 0.05) is 12.5 Å². The van der Waals surface area contributed by atoms with Gasteiger partial charge in [-0.05, 0) is 17.7 Å². The van der Waals surface area contributed by atoms with Crippen LogP contribution in [-0.4, -0.2) is 12.5 Å². The lowest BCUT2D eigenvalue weighted by atomic mass is 9.97. The van der Waals surface area contributed by atoms with Gasteiger partial charge in [-0.25, -0.2) is 13.2 Å². The van der Waals surface area contributed by atoms with Crippen LogP contribution in [-0.2, 0) is 0 Å². The smallest absolute Gasteiger partial charge is 0.270 e. The van der Waals surface area contributed by atoms with Crippen LogP contribution in [0, 0.1) is 11.7 Å². The molecule has 1 saturated heterocycles. The van der Waals surface area contributed by atoms with Gasteiger partial charge in [-0.3, -0.25) is 0 Å². The van der Waals surface area contributed by atoms with Crippen molar-refractivity contribution < 1.29 is 13.2 Å². The van der Waals surface area contributed by atoms with Crippen molar-refractivity contribution in [1.29, 1.82) is 0 Å². The van der Waals surface area contributed by atoms with E-state index in [-0.39, 0.29) is 6.54 Å². The molecule has 1 nitrogen and oxygen atoms in total. The molecular formula is C11H12F3N. The maximum atomic E-state index is 13.6. The Hall–Kier alpha value is -1.03. The number of rotatable bonds is 1. The molecule has 15 heavy (non-hydrogen) atoms. The third-order valence-corrected chi connectivity index (χ3v) is 2.85. The first-order valence-corrected chi connectivity index (χ1v) is 4.88. The molecule has 2 rings (SSSR count). The van der Waals surface area contributed by atoms with Gasteiger partial charge in [-0.2, -0.15) is 0 Å². The lowest BCUT2D eigenvalue weighted by molar-refractivity contribution is -0.0463. The first-order chi connectivity index (χ1) is 7.01. The Morgan fingerprint density at radius 3 is 2.67 bits per heavy atom. The molecule has 1 aliphatic heterocycles. The summed E-state index contributed by atoms with van der Waals surface area (Å²) in [6.07, 6.45) is 0. The summed E-state index contributed by atoms with van der Waals surface area (Å²) in [6.45, 7) is 1.75. The van der Waals surface area contributed by atoms with Crippen molar-refractivity contribution in [3.8, 4) is 0 Å². The summed E-state index contributed by atoms with van der Waals surface area (Å²) in [5.74, 6) is -4.01. The molecular weight excluding hydrogens is 203 g/mol. The van der Waals surface area contributed by atoms with Crippen LogP contribution in [0.5, 0.6) is 0 Å². The Labute approximate surface area is 86.3 Å². The molecule has 0 saturated carbocycles. The summed E-state index contributed by atoms with van der Waals surface area (Å²) in [5.41, 5.74) is 0.310. The van der Waals surface area contributed by atoms with Gasteiger partial charge < -0.3 is 5.32 Å². The van der Waals surface area contributed by atoms with E-state index in [1.165, 1.54) is 25.1 Å². The Bertz CT molecular complexity index is 365. The summed E-state index contributed by atoms with van der Waals surface area (Å²) in [5, 5.41) is 2.72. The van der Waals surface area contributed by atoms with E-state index in [1.807, 2.05) is 0 Å². The monoisotopic (exact) mass is 215 g/mol. The topological polar surface area (TPSA) is 12.0 Å². The van der Waals surface area contributed by atoms with Crippen molar-refractivity contribution in [2.24, 2.45) is 5.92 Å². The number of hydrogen-bond donors (Lipinski definition) is 1. The minimum atomic E-state index is -2.81. The number of benzene rings is 1. The standard InChI is InChI=1S/C11H12F3N/c1-7-6-15-10(11(7,13)14)8-3-2-4-9(12)5-8/h2-5,7,10,15H,6H2,1H3/t7-,10+/m1/s1. The average Bonchev–Trinajstić information content (AvgIpc) is 2.42. The van der Waals surface area contributed by atoms with E-state index in [2.05, 4.69) is 5.32 Å². The summed E-state index contributed by atoms with van der Waals surface area (Å²) >= 11 is 0. The number of nitrogens with one attached hydrogen (secondary N) is 1. The van der Waals surface area contributed by atoms with Crippen molar-refractivity contribution >= 4 is 0 Å². The van der Waals surface area contributed by atoms with E-state index in [1.54, 1.807) is 0 Å². The molecule has 0 aliphatic carbocycles. The molecule has 1 fully saturated rings. The molecule has 0 unspecified atom stereocenters. The maximum absolute atomic E-state index is 13.6. The van der Waals surface area contributed by atoms with Crippen LogP contribution in [0.1, 0.15) is 18.5 Å². The van der Waals surface area contributed by atoms with Gasteiger partial charge in [-0.1, -0.05) is 19.1 Å². The zero-order valence-electron chi connectivity index (χ0n) is 8.31. The van der Waals surface area contributed by atoms with Crippen LogP contribution < -0.4 is 5.32 Å². The third kappa shape index (κ3) is 1.74. The average molecular weight is 215 g/mol. The molecule has 0 radical (unpaired) electrons. The van der Waals surface area contributed by atoms with Gasteiger partial charge in [0.1, 0.15) is 5.82 Å². The predicted octanol–water partition coefficient (Wildman–Crippen LogP) is 2.74. The van der Waals surface area contributed by atoms with Gasteiger partial charge >= 0.3 is 0 Å². The second kappa shape index (κ2) is 3.52. The molecule has 0 bridgehead atoms. The fourth-order valence-corrected chi connectivity index (χ4v) is 1.88. The molecule has 1 aromatic rings. The normalized spacial score (nSPS) is 29.3. The molecule has 0 amide bonds. The van der Waals surface area contributed by atoms with Gasteiger partial charge in [0.2, 0.25) is 0 Å². The van der Waals surface area contributed by atoms with Crippen molar-refractivity contribution in [3.05, 3.63) is 35.6 Å². The van der Waals surface area contributed by atoms with Gasteiger partial charge in [0.25, 0.3) is 5.92 Å². The fraction of sp³-hybridized carbons (Fsp3) is 0.455. The number of alkyl halides is 2. The summed E-state index contributed by atoms with van der Waals surface area (Å²) in [6, 6.07) is 4.31. The van der Waals surface area contributed by atoms with Gasteiger partial charge in [-0.15, -0.1) is 0 Å². The SMILES string of the molecule is C[C@@H]1CN[C@@H](c2cccc(F)c2)C1(F)F. The van der Waals surface area contributed by atoms with Crippen LogP contribution in [0.25, 0.3) is 0 Å². The van der Waals surface area contributed by atoms with Crippen LogP contribution in [0.4, 0.5) is 13.2 Å². The minimum absolute atomic E-state index is 0.258. The summed E-state index contributed by atoms with van der Waals surface area (Å²) in [4.78, 5) is 0. The van der Waals surface area contributed by atoms with E-state index >= 15 is 0 Å². The minimum Gasteiger partial charge on any atom is -0.304 e. The Balaban J connectivity index is 2.32. The molecule has 1 aromatic carbocycles. The Morgan fingerprint density at radius 1 is 1.40 bits per heavy atom. The molecule has 4 heteroatoms. The van der Waals surface area contributed by atoms with E-state index in [4.69, 9.17) is 0 Å². The zero-order chi connectivity index (χ0) is 11.1. The first-order valence-electron chi connectivity index (χ1n) is 4.88. The lowest BCUT2D eigenvalue weighted by Crippen LogP contribution is -2.29. The van der Waals surface area contributed by atoms with E-state index in [0.717, 1.165) is 6.07 Å². The molecule has 1 heterocycles. The van der Waals surface area contributed by atoms with Crippen molar-refractivity contribution in [3.63, 3.8) is 0 Å². The van der Waals surface area contributed by atoms with Crippen LogP contribution in [0.15, 0.2) is 24.3 Å². The Kier molecular flexibility index (Phi) is 2.46. The molecule has 82 valence electrons. The molecule has 1 N–H and O–H groups in total. The largest absolute Gasteiger partial charge is 0.304 e. The fourth-order valence-electron chi connectivity index (χ4n) is 1.88. The van der Waals surface area contributed by atoms with Gasteiger partial charge in [0.05, 0.1) is 6.04 Å².